The van der Waals surface area contributed by atoms with Gasteiger partial charge in [0.1, 0.15) is 5.75 Å². The summed E-state index contributed by atoms with van der Waals surface area (Å²) in [6, 6.07) is 10.6. The topological polar surface area (TPSA) is 79.8 Å². The van der Waals surface area contributed by atoms with E-state index in [4.69, 9.17) is 4.74 Å². The molecule has 2 amide bonds. The first kappa shape index (κ1) is 18.7. The second-order valence-corrected chi connectivity index (χ2v) is 6.20. The van der Waals surface area contributed by atoms with Crippen LogP contribution in [0.5, 0.6) is 5.75 Å². The maximum atomic E-state index is 12.0. The van der Waals surface area contributed by atoms with Crippen LogP contribution in [0.2, 0.25) is 0 Å². The molecule has 1 heterocycles. The van der Waals surface area contributed by atoms with E-state index in [9.17, 15) is 9.59 Å². The Balaban J connectivity index is 1.72. The highest BCUT2D eigenvalue weighted by atomic mass is 32.1. The van der Waals surface area contributed by atoms with Gasteiger partial charge in [0, 0.05) is 10.4 Å². The zero-order chi connectivity index (χ0) is 17.9. The van der Waals surface area contributed by atoms with Gasteiger partial charge in [-0.2, -0.15) is 5.10 Å². The Labute approximate surface area is 150 Å². The first-order chi connectivity index (χ1) is 12.2. The van der Waals surface area contributed by atoms with Crippen LogP contribution in [0.15, 0.2) is 46.9 Å². The van der Waals surface area contributed by atoms with Crippen molar-refractivity contribution in [1.29, 1.82) is 0 Å². The van der Waals surface area contributed by atoms with Crippen LogP contribution in [0.3, 0.4) is 0 Å². The lowest BCUT2D eigenvalue weighted by atomic mass is 10.2. The SMILES string of the molecule is CCCCOc1ccc(C(=O)NCC(=O)NN=Cc2cccs2)cc1. The molecule has 2 aromatic rings. The second kappa shape index (κ2) is 10.2. The average molecular weight is 359 g/mol. The van der Waals surface area contributed by atoms with Gasteiger partial charge in [-0.05, 0) is 42.1 Å². The van der Waals surface area contributed by atoms with Crippen LogP contribution in [-0.2, 0) is 4.79 Å². The van der Waals surface area contributed by atoms with E-state index in [-0.39, 0.29) is 18.4 Å². The highest BCUT2D eigenvalue weighted by Crippen LogP contribution is 2.12. The van der Waals surface area contributed by atoms with Crippen LogP contribution in [0.25, 0.3) is 0 Å². The van der Waals surface area contributed by atoms with Gasteiger partial charge in [0.05, 0.1) is 19.4 Å². The average Bonchev–Trinajstić information content (AvgIpc) is 3.14. The lowest BCUT2D eigenvalue weighted by molar-refractivity contribution is -0.120. The van der Waals surface area contributed by atoms with Gasteiger partial charge in [-0.3, -0.25) is 9.59 Å². The van der Waals surface area contributed by atoms with Gasteiger partial charge < -0.3 is 10.1 Å². The van der Waals surface area contributed by atoms with Crippen LogP contribution in [-0.4, -0.2) is 31.2 Å². The normalized spacial score (nSPS) is 10.6. The number of carbonyl (C=O) groups is 2. The number of nitrogens with zero attached hydrogens (tertiary/aromatic N) is 1. The van der Waals surface area contributed by atoms with Crippen molar-refractivity contribution in [3.05, 3.63) is 52.2 Å². The molecule has 1 aromatic carbocycles. The van der Waals surface area contributed by atoms with Crippen molar-refractivity contribution in [2.75, 3.05) is 13.2 Å². The number of carbonyl (C=O) groups excluding carboxylic acids is 2. The molecule has 0 aliphatic rings. The Morgan fingerprint density at radius 2 is 2.04 bits per heavy atom. The summed E-state index contributed by atoms with van der Waals surface area (Å²) >= 11 is 1.52. The predicted molar refractivity (Wildman–Crippen MR) is 99.2 cm³/mol. The van der Waals surface area contributed by atoms with E-state index in [0.717, 1.165) is 23.5 Å². The van der Waals surface area contributed by atoms with E-state index in [1.165, 1.54) is 11.3 Å². The molecule has 6 nitrogen and oxygen atoms in total. The summed E-state index contributed by atoms with van der Waals surface area (Å²) in [4.78, 5) is 24.6. The van der Waals surface area contributed by atoms with Crippen LogP contribution in [0.4, 0.5) is 0 Å². The van der Waals surface area contributed by atoms with Gasteiger partial charge in [-0.25, -0.2) is 5.43 Å². The molecular weight excluding hydrogens is 338 g/mol. The third-order valence-electron chi connectivity index (χ3n) is 3.22. The molecule has 2 rings (SSSR count). The molecular formula is C18H21N3O3S. The minimum absolute atomic E-state index is 0.143. The van der Waals surface area contributed by atoms with E-state index in [2.05, 4.69) is 22.8 Å². The summed E-state index contributed by atoms with van der Waals surface area (Å²) in [6.07, 6.45) is 3.62. The molecule has 0 radical (unpaired) electrons. The summed E-state index contributed by atoms with van der Waals surface area (Å²) in [5.41, 5.74) is 2.84. The van der Waals surface area contributed by atoms with Crippen LogP contribution >= 0.6 is 11.3 Å². The number of hydrogen-bond donors (Lipinski definition) is 2. The summed E-state index contributed by atoms with van der Waals surface area (Å²) in [5, 5.41) is 8.30. The van der Waals surface area contributed by atoms with Gasteiger partial charge in [-0.15, -0.1) is 11.3 Å². The number of unbranched alkanes of at least 4 members (excludes halogenated alkanes) is 1. The number of thiophene rings is 1. The number of hydrazone groups is 1. The Bertz CT molecular complexity index is 697. The van der Waals surface area contributed by atoms with Crippen molar-refractivity contribution in [3.8, 4) is 5.75 Å². The second-order valence-electron chi connectivity index (χ2n) is 5.22. The zero-order valence-electron chi connectivity index (χ0n) is 14.0. The van der Waals surface area contributed by atoms with Gasteiger partial charge in [-0.1, -0.05) is 19.4 Å². The van der Waals surface area contributed by atoms with E-state index in [1.54, 1.807) is 30.5 Å². The number of nitrogens with one attached hydrogen (secondary N) is 2. The molecule has 0 aliphatic carbocycles. The van der Waals surface area contributed by atoms with E-state index < -0.39 is 0 Å². The lowest BCUT2D eigenvalue weighted by Crippen LogP contribution is -2.34. The number of amides is 2. The number of benzene rings is 1. The molecule has 0 spiro atoms. The third kappa shape index (κ3) is 6.76. The summed E-state index contributed by atoms with van der Waals surface area (Å²) in [6.45, 7) is 2.62. The fraction of sp³-hybridized carbons (Fsp3) is 0.278. The fourth-order valence-electron chi connectivity index (χ4n) is 1.87. The molecule has 0 fully saturated rings. The molecule has 132 valence electrons. The highest BCUT2D eigenvalue weighted by molar-refractivity contribution is 7.11. The first-order valence-corrected chi connectivity index (χ1v) is 8.93. The first-order valence-electron chi connectivity index (χ1n) is 8.05. The molecule has 1 aromatic heterocycles. The Morgan fingerprint density at radius 1 is 1.24 bits per heavy atom. The van der Waals surface area contributed by atoms with Crippen LogP contribution in [0, 0.1) is 0 Å². The molecule has 25 heavy (non-hydrogen) atoms. The minimum Gasteiger partial charge on any atom is -0.494 e. The maximum absolute atomic E-state index is 12.0. The highest BCUT2D eigenvalue weighted by Gasteiger charge is 2.07. The Hall–Kier alpha value is -2.67. The van der Waals surface area contributed by atoms with Crippen LogP contribution in [0.1, 0.15) is 35.0 Å². The van der Waals surface area contributed by atoms with Crippen molar-refractivity contribution in [2.24, 2.45) is 5.10 Å². The molecule has 7 heteroatoms. The molecule has 0 saturated carbocycles. The third-order valence-corrected chi connectivity index (χ3v) is 4.02. The van der Waals surface area contributed by atoms with E-state index in [1.807, 2.05) is 17.5 Å². The lowest BCUT2D eigenvalue weighted by Gasteiger charge is -2.07. The molecule has 0 aliphatic heterocycles. The maximum Gasteiger partial charge on any atom is 0.259 e. The van der Waals surface area contributed by atoms with Crippen molar-refractivity contribution in [2.45, 2.75) is 19.8 Å². The summed E-state index contributed by atoms with van der Waals surface area (Å²) < 4.78 is 5.54. The zero-order valence-corrected chi connectivity index (χ0v) is 14.8. The number of hydrogen-bond acceptors (Lipinski definition) is 5. The van der Waals surface area contributed by atoms with Crippen LogP contribution < -0.4 is 15.5 Å². The Kier molecular flexibility index (Phi) is 7.65. The predicted octanol–water partition coefficient (Wildman–Crippen LogP) is 2.81. The quantitative estimate of drug-likeness (QED) is 0.410. The van der Waals surface area contributed by atoms with Crippen molar-refractivity contribution < 1.29 is 14.3 Å². The van der Waals surface area contributed by atoms with Gasteiger partial charge in [0.15, 0.2) is 0 Å². The molecule has 0 unspecified atom stereocenters. The molecule has 0 saturated heterocycles. The monoisotopic (exact) mass is 359 g/mol. The van der Waals surface area contributed by atoms with Gasteiger partial charge in [0.25, 0.3) is 11.8 Å². The van der Waals surface area contributed by atoms with Crippen molar-refractivity contribution >= 4 is 29.4 Å². The van der Waals surface area contributed by atoms with Gasteiger partial charge >= 0.3 is 0 Å². The minimum atomic E-state index is -0.388. The number of ether oxygens (including phenoxy) is 1. The fourth-order valence-corrected chi connectivity index (χ4v) is 2.46. The largest absolute Gasteiger partial charge is 0.494 e. The smallest absolute Gasteiger partial charge is 0.259 e. The standard InChI is InChI=1S/C18H21N3O3S/c1-2-3-10-24-15-8-6-14(7-9-15)18(23)19-13-17(22)21-20-12-16-5-4-11-25-16/h4-9,11-12H,2-3,10,13H2,1H3,(H,19,23)(H,21,22). The van der Waals surface area contributed by atoms with E-state index >= 15 is 0 Å². The Morgan fingerprint density at radius 3 is 2.72 bits per heavy atom. The van der Waals surface area contributed by atoms with E-state index in [0.29, 0.717) is 12.2 Å². The van der Waals surface area contributed by atoms with Crippen molar-refractivity contribution in [1.82, 2.24) is 10.7 Å². The molecule has 2 N–H and O–H groups in total. The van der Waals surface area contributed by atoms with Gasteiger partial charge in [0.2, 0.25) is 0 Å². The molecule has 0 bridgehead atoms. The molecule has 0 atom stereocenters. The summed E-state index contributed by atoms with van der Waals surface area (Å²) in [7, 11) is 0. The summed E-state index contributed by atoms with van der Waals surface area (Å²) in [5.74, 6) is 0.0174. The number of rotatable bonds is 9. The van der Waals surface area contributed by atoms with Crippen molar-refractivity contribution in [3.63, 3.8) is 0 Å².